The van der Waals surface area contributed by atoms with E-state index in [1.807, 2.05) is 6.92 Å². The lowest BCUT2D eigenvalue weighted by Gasteiger charge is -2.49. The molecule has 0 saturated carbocycles. The second kappa shape index (κ2) is 12.0. The normalized spacial score (nSPS) is 19.6. The van der Waals surface area contributed by atoms with Crippen molar-refractivity contribution >= 4 is 57.7 Å². The molecule has 3 heterocycles. The number of thiazole rings is 1. The van der Waals surface area contributed by atoms with Gasteiger partial charge in [0, 0.05) is 24.7 Å². The van der Waals surface area contributed by atoms with Crippen LogP contribution in [0, 0.1) is 0 Å². The lowest BCUT2D eigenvalue weighted by Crippen LogP contribution is -2.71. The summed E-state index contributed by atoms with van der Waals surface area (Å²) in [5, 5.41) is 7.54. The van der Waals surface area contributed by atoms with Crippen molar-refractivity contribution in [2.75, 3.05) is 39.1 Å². The fourth-order valence-electron chi connectivity index (χ4n) is 3.35. The number of β-lactam (4-membered cyclic amide) rings is 1. The molecule has 190 valence electrons. The molecule has 0 aliphatic carbocycles. The number of anilines is 1. The molecule has 2 aliphatic heterocycles. The minimum absolute atomic E-state index is 0.00990. The van der Waals surface area contributed by atoms with E-state index in [1.165, 1.54) is 36.3 Å². The van der Waals surface area contributed by atoms with Gasteiger partial charge in [0.1, 0.15) is 29.9 Å². The average molecular weight is 528 g/mol. The predicted octanol–water partition coefficient (Wildman–Crippen LogP) is 0.220. The number of carbonyl (C=O) groups excluding carboxylic acids is 4. The minimum Gasteiger partial charge on any atom is -0.428 e. The van der Waals surface area contributed by atoms with Crippen LogP contribution in [-0.4, -0.2) is 84.1 Å². The summed E-state index contributed by atoms with van der Waals surface area (Å²) in [4.78, 5) is 60.2. The molecule has 2 atom stereocenters. The predicted molar refractivity (Wildman–Crippen MR) is 126 cm³/mol. The number of thioether (sulfide) groups is 1. The maximum absolute atomic E-state index is 13.0. The second-order valence-corrected chi connectivity index (χ2v) is 9.25. The van der Waals surface area contributed by atoms with Crippen LogP contribution in [0.25, 0.3) is 0 Å². The molecule has 0 spiro atoms. The smallest absolute Gasteiger partial charge is 0.358 e. The Morgan fingerprint density at radius 2 is 2.09 bits per heavy atom. The lowest BCUT2D eigenvalue weighted by molar-refractivity contribution is -0.168. The van der Waals surface area contributed by atoms with Gasteiger partial charge in [0.05, 0.1) is 6.61 Å². The van der Waals surface area contributed by atoms with Gasteiger partial charge < -0.3 is 30.1 Å². The Morgan fingerprint density at radius 3 is 2.71 bits per heavy atom. The third-order valence-corrected chi connectivity index (χ3v) is 6.89. The first-order valence-corrected chi connectivity index (χ1v) is 12.4. The highest BCUT2D eigenvalue weighted by Crippen LogP contribution is 2.40. The summed E-state index contributed by atoms with van der Waals surface area (Å²) >= 11 is 2.47. The molecule has 3 rings (SSSR count). The molecule has 3 N–H and O–H groups in total. The number of nitrogens with two attached hydrogens (primary N) is 1. The minimum atomic E-state index is -0.931. The monoisotopic (exact) mass is 527 g/mol. The summed E-state index contributed by atoms with van der Waals surface area (Å²) in [6, 6.07) is -0.931. The quantitative estimate of drug-likeness (QED) is 0.133. The number of fused-ring (bicyclic) bond motifs is 1. The molecule has 0 bridgehead atoms. The van der Waals surface area contributed by atoms with E-state index in [4.69, 9.17) is 24.8 Å². The zero-order chi connectivity index (χ0) is 25.5. The van der Waals surface area contributed by atoms with Crippen LogP contribution in [0.15, 0.2) is 21.8 Å². The highest BCUT2D eigenvalue weighted by atomic mass is 32.2. The molecule has 1 aromatic heterocycles. The fraction of sp³-hybridized carbons (Fsp3) is 0.500. The number of nitrogens with zero attached hydrogens (tertiary/aromatic N) is 3. The first-order valence-electron chi connectivity index (χ1n) is 10.4. The molecule has 15 heteroatoms. The Bertz CT molecular complexity index is 1060. The van der Waals surface area contributed by atoms with Crippen LogP contribution in [-0.2, 0) is 38.2 Å². The van der Waals surface area contributed by atoms with E-state index >= 15 is 0 Å². The highest BCUT2D eigenvalue weighted by Gasteiger charge is 2.54. The molecule has 1 unspecified atom stereocenters. The Balaban J connectivity index is 1.72. The maximum atomic E-state index is 13.0. The molecular weight excluding hydrogens is 502 g/mol. The Hall–Kier alpha value is -3.17. The number of amides is 2. The van der Waals surface area contributed by atoms with E-state index in [1.54, 1.807) is 0 Å². The lowest BCUT2D eigenvalue weighted by atomic mass is 10.0. The van der Waals surface area contributed by atoms with E-state index < -0.39 is 42.0 Å². The number of oxime groups is 1. The number of nitrogens with one attached hydrogen (secondary N) is 1. The van der Waals surface area contributed by atoms with E-state index in [2.05, 4.69) is 15.5 Å². The van der Waals surface area contributed by atoms with Gasteiger partial charge in [0.25, 0.3) is 11.8 Å². The van der Waals surface area contributed by atoms with Crippen molar-refractivity contribution < 1.29 is 38.2 Å². The summed E-state index contributed by atoms with van der Waals surface area (Å²) in [6.45, 7) is 1.33. The van der Waals surface area contributed by atoms with E-state index in [-0.39, 0.29) is 35.3 Å². The Kier molecular flexibility index (Phi) is 9.06. The number of hydrogen-bond acceptors (Lipinski definition) is 13. The fourth-order valence-corrected chi connectivity index (χ4v) is 5.23. The summed E-state index contributed by atoms with van der Waals surface area (Å²) in [7, 11) is 2.73. The van der Waals surface area contributed by atoms with Gasteiger partial charge in [-0.3, -0.25) is 19.3 Å². The molecule has 2 amide bonds. The molecule has 1 saturated heterocycles. The summed E-state index contributed by atoms with van der Waals surface area (Å²) in [5.41, 5.74) is 6.25. The van der Waals surface area contributed by atoms with Gasteiger partial charge in [-0.1, -0.05) is 12.1 Å². The number of methoxy groups -OCH3 is 1. The topological polar surface area (TPSA) is 172 Å². The summed E-state index contributed by atoms with van der Waals surface area (Å²) < 4.78 is 15.1. The van der Waals surface area contributed by atoms with Crippen LogP contribution in [0.2, 0.25) is 0 Å². The molecule has 0 radical (unpaired) electrons. The standard InChI is InChI=1S/C20H25N5O8S2/c1-4-5-12(26)32-9-33-19(29)15-10(6-30-2)7-34-18-14(17(28)25(15)18)23-16(27)13(24-31-3)11-8-35-20(21)22-11/h8,14,18H,4-7,9H2,1-3H3,(H2,21,22)(H,23,27)/b24-13-/t14?,18-/m1/s1. The maximum Gasteiger partial charge on any atom is 0.358 e. The molecule has 1 fully saturated rings. The van der Waals surface area contributed by atoms with Crippen molar-refractivity contribution in [1.82, 2.24) is 15.2 Å². The summed E-state index contributed by atoms with van der Waals surface area (Å²) in [5.74, 6) is -2.18. The average Bonchev–Trinajstić information content (AvgIpc) is 3.26. The van der Waals surface area contributed by atoms with Crippen LogP contribution >= 0.6 is 23.1 Å². The summed E-state index contributed by atoms with van der Waals surface area (Å²) in [6.07, 6.45) is 0.790. The van der Waals surface area contributed by atoms with Crippen molar-refractivity contribution in [2.45, 2.75) is 31.2 Å². The number of aromatic nitrogens is 1. The van der Waals surface area contributed by atoms with Crippen LogP contribution < -0.4 is 11.1 Å². The number of rotatable bonds is 11. The van der Waals surface area contributed by atoms with E-state index in [9.17, 15) is 19.2 Å². The largest absolute Gasteiger partial charge is 0.428 e. The van der Waals surface area contributed by atoms with E-state index in [0.29, 0.717) is 17.7 Å². The van der Waals surface area contributed by atoms with Gasteiger partial charge in [-0.15, -0.1) is 23.1 Å². The van der Waals surface area contributed by atoms with Gasteiger partial charge in [0.2, 0.25) is 6.79 Å². The molecule has 1 aromatic rings. The van der Waals surface area contributed by atoms with Crippen molar-refractivity contribution in [1.29, 1.82) is 0 Å². The van der Waals surface area contributed by atoms with Crippen LogP contribution in [0.5, 0.6) is 0 Å². The number of carbonyl (C=O) groups is 4. The van der Waals surface area contributed by atoms with Gasteiger partial charge in [-0.25, -0.2) is 9.78 Å². The number of nitrogen functional groups attached to an aromatic ring is 1. The molecule has 35 heavy (non-hydrogen) atoms. The van der Waals surface area contributed by atoms with Gasteiger partial charge in [0.15, 0.2) is 10.8 Å². The SMILES string of the molecule is CCCC(=O)OCOC(=O)C1=C(COC)CS[C@@H]2C(NC(=O)/C(=N\OC)c3csc(N)n3)C(=O)N12. The van der Waals surface area contributed by atoms with Crippen molar-refractivity contribution in [3.8, 4) is 0 Å². The molecule has 2 aliphatic rings. The Labute approximate surface area is 209 Å². The van der Waals surface area contributed by atoms with Crippen molar-refractivity contribution in [3.05, 3.63) is 22.3 Å². The first-order chi connectivity index (χ1) is 16.8. The molecular formula is C20H25N5O8S2. The van der Waals surface area contributed by atoms with Crippen molar-refractivity contribution in [3.63, 3.8) is 0 Å². The van der Waals surface area contributed by atoms with Crippen LogP contribution in [0.4, 0.5) is 5.13 Å². The van der Waals surface area contributed by atoms with Gasteiger partial charge in [-0.05, 0) is 12.0 Å². The zero-order valence-electron chi connectivity index (χ0n) is 19.3. The second-order valence-electron chi connectivity index (χ2n) is 7.26. The third kappa shape index (κ3) is 5.91. The van der Waals surface area contributed by atoms with Crippen LogP contribution in [0.3, 0.4) is 0 Å². The van der Waals surface area contributed by atoms with E-state index in [0.717, 1.165) is 11.3 Å². The molecule has 0 aromatic carbocycles. The number of hydrogen-bond donors (Lipinski definition) is 2. The number of ether oxygens (including phenoxy) is 3. The Morgan fingerprint density at radius 1 is 1.31 bits per heavy atom. The van der Waals surface area contributed by atoms with Gasteiger partial charge in [-0.2, -0.15) is 0 Å². The first kappa shape index (κ1) is 26.4. The molecule has 13 nitrogen and oxygen atoms in total. The number of esters is 2. The van der Waals surface area contributed by atoms with Crippen molar-refractivity contribution in [2.24, 2.45) is 5.16 Å². The van der Waals surface area contributed by atoms with Crippen LogP contribution in [0.1, 0.15) is 25.5 Å². The highest BCUT2D eigenvalue weighted by molar-refractivity contribution is 8.00. The third-order valence-electron chi connectivity index (χ3n) is 4.87. The zero-order valence-corrected chi connectivity index (χ0v) is 20.9. The van der Waals surface area contributed by atoms with Gasteiger partial charge >= 0.3 is 11.9 Å².